The van der Waals surface area contributed by atoms with Crippen LogP contribution in [0, 0.1) is 0 Å². The number of piperazine rings is 1. The van der Waals surface area contributed by atoms with Crippen LogP contribution in [-0.2, 0) is 17.3 Å². The molecule has 1 aromatic rings. The molecule has 0 aliphatic carbocycles. The van der Waals surface area contributed by atoms with Gasteiger partial charge in [0.15, 0.2) is 0 Å². The van der Waals surface area contributed by atoms with Crippen molar-refractivity contribution < 1.29 is 4.79 Å². The summed E-state index contributed by atoms with van der Waals surface area (Å²) in [5.74, 6) is 0.788. The number of hydrogen-bond acceptors (Lipinski definition) is 4. The predicted molar refractivity (Wildman–Crippen MR) is 89.1 cm³/mol. The fraction of sp³-hybridized carbons (Fsp3) is 0.750. The van der Waals surface area contributed by atoms with Crippen LogP contribution in [0.5, 0.6) is 0 Å². The molecule has 22 heavy (non-hydrogen) atoms. The fourth-order valence-electron chi connectivity index (χ4n) is 2.73. The summed E-state index contributed by atoms with van der Waals surface area (Å²) in [7, 11) is 3.99. The summed E-state index contributed by atoms with van der Waals surface area (Å²) in [4.78, 5) is 16.8. The first-order valence-electron chi connectivity index (χ1n) is 7.94. The predicted octanol–water partition coefficient (Wildman–Crippen LogP) is 1.29. The smallest absolute Gasteiger partial charge is 0.239 e. The van der Waals surface area contributed by atoms with Gasteiger partial charge in [-0.1, -0.05) is 20.8 Å². The molecule has 0 radical (unpaired) electrons. The standard InChI is InChI=1S/C16H29N5O/c1-12-10-19(5)7-8-21(12)11-15(22)17-14-9-13(16(2,3)4)18-20(14)6/h9,12H,7-8,10-11H2,1-6H3,(H,17,22)/t12-/m1/s1. The zero-order valence-electron chi connectivity index (χ0n) is 14.7. The highest BCUT2D eigenvalue weighted by Crippen LogP contribution is 2.23. The van der Waals surface area contributed by atoms with Gasteiger partial charge >= 0.3 is 0 Å². The summed E-state index contributed by atoms with van der Waals surface area (Å²) in [6.07, 6.45) is 0. The van der Waals surface area contributed by atoms with Crippen molar-refractivity contribution in [2.24, 2.45) is 7.05 Å². The number of nitrogens with one attached hydrogen (secondary N) is 1. The fourth-order valence-corrected chi connectivity index (χ4v) is 2.73. The van der Waals surface area contributed by atoms with E-state index in [1.54, 1.807) is 4.68 Å². The number of carbonyl (C=O) groups excluding carboxylic acids is 1. The third kappa shape index (κ3) is 4.08. The van der Waals surface area contributed by atoms with Crippen LogP contribution in [0.4, 0.5) is 5.82 Å². The molecule has 1 atom stereocenters. The number of rotatable bonds is 3. The largest absolute Gasteiger partial charge is 0.310 e. The quantitative estimate of drug-likeness (QED) is 0.914. The number of carbonyl (C=O) groups is 1. The van der Waals surface area contributed by atoms with Crippen molar-refractivity contribution in [1.29, 1.82) is 0 Å². The monoisotopic (exact) mass is 307 g/mol. The Balaban J connectivity index is 1.96. The van der Waals surface area contributed by atoms with Crippen LogP contribution in [0.1, 0.15) is 33.4 Å². The molecule has 0 spiro atoms. The van der Waals surface area contributed by atoms with Gasteiger partial charge in [0.2, 0.25) is 5.91 Å². The number of aromatic nitrogens is 2. The van der Waals surface area contributed by atoms with Crippen molar-refractivity contribution in [2.75, 3.05) is 38.5 Å². The Morgan fingerprint density at radius 3 is 2.59 bits per heavy atom. The van der Waals surface area contributed by atoms with Gasteiger partial charge in [0.25, 0.3) is 0 Å². The minimum absolute atomic E-state index is 0.0211. The van der Waals surface area contributed by atoms with E-state index in [-0.39, 0.29) is 11.3 Å². The lowest BCUT2D eigenvalue weighted by atomic mass is 9.92. The average molecular weight is 307 g/mol. The summed E-state index contributed by atoms with van der Waals surface area (Å²) >= 11 is 0. The van der Waals surface area contributed by atoms with E-state index in [0.29, 0.717) is 12.6 Å². The van der Waals surface area contributed by atoms with Gasteiger partial charge in [-0.05, 0) is 14.0 Å². The second kappa shape index (κ2) is 6.38. The Bertz CT molecular complexity index is 531. The molecule has 124 valence electrons. The van der Waals surface area contributed by atoms with Crippen LogP contribution in [0.3, 0.4) is 0 Å². The summed E-state index contributed by atoms with van der Waals surface area (Å²) in [5, 5.41) is 7.48. The van der Waals surface area contributed by atoms with Gasteiger partial charge in [0.1, 0.15) is 5.82 Å². The zero-order chi connectivity index (χ0) is 16.5. The van der Waals surface area contributed by atoms with Crippen molar-refractivity contribution >= 4 is 11.7 Å². The minimum atomic E-state index is -0.0211. The Hall–Kier alpha value is -1.40. The first-order valence-corrected chi connectivity index (χ1v) is 7.94. The van der Waals surface area contributed by atoms with Crippen molar-refractivity contribution in [3.8, 4) is 0 Å². The number of hydrogen-bond donors (Lipinski definition) is 1. The molecular formula is C16H29N5O. The van der Waals surface area contributed by atoms with E-state index in [1.807, 2.05) is 13.1 Å². The molecule has 1 aromatic heterocycles. The zero-order valence-corrected chi connectivity index (χ0v) is 14.7. The average Bonchev–Trinajstić information content (AvgIpc) is 2.74. The van der Waals surface area contributed by atoms with Crippen molar-refractivity contribution in [3.05, 3.63) is 11.8 Å². The van der Waals surface area contributed by atoms with E-state index in [2.05, 4.69) is 55.0 Å². The van der Waals surface area contributed by atoms with Crippen molar-refractivity contribution in [3.63, 3.8) is 0 Å². The lowest BCUT2D eigenvalue weighted by molar-refractivity contribution is -0.118. The summed E-state index contributed by atoms with van der Waals surface area (Å²) in [5.41, 5.74) is 0.963. The number of nitrogens with zero attached hydrogens (tertiary/aromatic N) is 4. The molecule has 0 unspecified atom stereocenters. The maximum Gasteiger partial charge on any atom is 0.239 e. The van der Waals surface area contributed by atoms with Gasteiger partial charge in [-0.25, -0.2) is 0 Å². The number of likely N-dealkylation sites (N-methyl/N-ethyl adjacent to an activating group) is 1. The van der Waals surface area contributed by atoms with E-state index >= 15 is 0 Å². The topological polar surface area (TPSA) is 53.4 Å². The molecule has 1 aliphatic rings. The Morgan fingerprint density at radius 2 is 2.05 bits per heavy atom. The Labute approximate surface area is 133 Å². The van der Waals surface area contributed by atoms with Gasteiger partial charge in [0.05, 0.1) is 12.2 Å². The van der Waals surface area contributed by atoms with E-state index in [9.17, 15) is 4.79 Å². The molecule has 6 heteroatoms. The normalized spacial score (nSPS) is 21.1. The van der Waals surface area contributed by atoms with E-state index < -0.39 is 0 Å². The summed E-state index contributed by atoms with van der Waals surface area (Å²) in [6.45, 7) is 11.9. The minimum Gasteiger partial charge on any atom is -0.310 e. The maximum atomic E-state index is 12.3. The highest BCUT2D eigenvalue weighted by Gasteiger charge is 2.24. The molecule has 1 amide bonds. The Kier molecular flexibility index (Phi) is 4.92. The van der Waals surface area contributed by atoms with Gasteiger partial charge in [-0.2, -0.15) is 5.10 Å². The van der Waals surface area contributed by atoms with Gasteiger partial charge in [-0.3, -0.25) is 14.4 Å². The van der Waals surface area contributed by atoms with Crippen LogP contribution >= 0.6 is 0 Å². The molecule has 1 aliphatic heterocycles. The summed E-state index contributed by atoms with van der Waals surface area (Å²) < 4.78 is 1.74. The van der Waals surface area contributed by atoms with E-state index in [4.69, 9.17) is 0 Å². The van der Waals surface area contributed by atoms with Gasteiger partial charge in [-0.15, -0.1) is 0 Å². The molecular weight excluding hydrogens is 278 g/mol. The van der Waals surface area contributed by atoms with Crippen LogP contribution in [0.25, 0.3) is 0 Å². The third-order valence-electron chi connectivity index (χ3n) is 4.23. The first kappa shape index (κ1) is 17.0. The molecule has 1 saturated heterocycles. The number of aryl methyl sites for hydroxylation is 1. The number of anilines is 1. The van der Waals surface area contributed by atoms with Crippen LogP contribution in [0.15, 0.2) is 6.07 Å². The lowest BCUT2D eigenvalue weighted by Gasteiger charge is -2.37. The van der Waals surface area contributed by atoms with Gasteiger partial charge < -0.3 is 10.2 Å². The van der Waals surface area contributed by atoms with E-state index in [0.717, 1.165) is 31.1 Å². The Morgan fingerprint density at radius 1 is 1.36 bits per heavy atom. The molecule has 0 saturated carbocycles. The second-order valence-electron chi connectivity index (χ2n) is 7.42. The second-order valence-corrected chi connectivity index (χ2v) is 7.42. The maximum absolute atomic E-state index is 12.3. The first-order chi connectivity index (χ1) is 10.2. The number of amides is 1. The van der Waals surface area contributed by atoms with Crippen molar-refractivity contribution in [1.82, 2.24) is 19.6 Å². The van der Waals surface area contributed by atoms with Gasteiger partial charge in [0, 0.05) is 44.2 Å². The summed E-state index contributed by atoms with van der Waals surface area (Å²) in [6, 6.07) is 2.37. The van der Waals surface area contributed by atoms with Crippen LogP contribution in [0.2, 0.25) is 0 Å². The molecule has 0 aromatic carbocycles. The molecule has 0 bridgehead atoms. The lowest BCUT2D eigenvalue weighted by Crippen LogP contribution is -2.52. The molecule has 2 heterocycles. The molecule has 1 fully saturated rings. The molecule has 2 rings (SSSR count). The highest BCUT2D eigenvalue weighted by molar-refractivity contribution is 5.91. The molecule has 6 nitrogen and oxygen atoms in total. The van der Waals surface area contributed by atoms with Crippen LogP contribution < -0.4 is 5.32 Å². The highest BCUT2D eigenvalue weighted by atomic mass is 16.2. The SMILES string of the molecule is C[C@@H]1CN(C)CCN1CC(=O)Nc1cc(C(C)(C)C)nn1C. The third-order valence-corrected chi connectivity index (χ3v) is 4.23. The van der Waals surface area contributed by atoms with E-state index in [1.165, 1.54) is 0 Å². The van der Waals surface area contributed by atoms with Crippen LogP contribution in [-0.4, -0.2) is 64.8 Å². The van der Waals surface area contributed by atoms with Crippen molar-refractivity contribution in [2.45, 2.75) is 39.2 Å². The molecule has 1 N–H and O–H groups in total.